The fraction of sp³-hybridized carbons (Fsp3) is 0.800. The van der Waals surface area contributed by atoms with Gasteiger partial charge in [-0.05, 0) is 25.7 Å². The smallest absolute Gasteiger partial charge is 0.306 e. The number of nitrogens with zero attached hydrogens (tertiary/aromatic N) is 2. The van der Waals surface area contributed by atoms with Crippen LogP contribution in [-0.4, -0.2) is 27.3 Å². The quantitative estimate of drug-likeness (QED) is 0.690. The molecule has 6 nitrogen and oxygen atoms in total. The molecule has 2 unspecified atom stereocenters. The number of aromatic nitrogens is 2. The first kappa shape index (κ1) is 17.6. The van der Waals surface area contributed by atoms with E-state index in [9.17, 15) is 4.79 Å². The highest BCUT2D eigenvalue weighted by molar-refractivity contribution is 5.69. The number of hydrogen-bond donors (Lipinski definition) is 2. The van der Waals surface area contributed by atoms with E-state index < -0.39 is 5.97 Å². The minimum atomic E-state index is -0.722. The molecule has 1 heterocycles. The first-order chi connectivity index (χ1) is 9.88. The molecule has 2 N–H and O–H groups in total. The van der Waals surface area contributed by atoms with Gasteiger partial charge >= 0.3 is 5.97 Å². The third-order valence-corrected chi connectivity index (χ3v) is 3.40. The number of carboxylic acids is 1. The predicted molar refractivity (Wildman–Crippen MR) is 79.8 cm³/mol. The van der Waals surface area contributed by atoms with Gasteiger partial charge in [-0.25, -0.2) is 0 Å². The van der Waals surface area contributed by atoms with Crippen molar-refractivity contribution in [2.75, 3.05) is 0 Å². The van der Waals surface area contributed by atoms with Gasteiger partial charge in [-0.15, -0.1) is 0 Å². The summed E-state index contributed by atoms with van der Waals surface area (Å²) < 4.78 is 5.18. The van der Waals surface area contributed by atoms with E-state index in [1.165, 1.54) is 0 Å². The van der Waals surface area contributed by atoms with Crippen molar-refractivity contribution in [3.8, 4) is 0 Å². The molecule has 120 valence electrons. The Labute approximate surface area is 126 Å². The van der Waals surface area contributed by atoms with Crippen molar-refractivity contribution < 1.29 is 14.4 Å². The van der Waals surface area contributed by atoms with Crippen LogP contribution in [-0.2, 0) is 17.8 Å². The Hall–Kier alpha value is -1.43. The van der Waals surface area contributed by atoms with Gasteiger partial charge in [0.25, 0.3) is 0 Å². The van der Waals surface area contributed by atoms with Gasteiger partial charge in [0.05, 0.1) is 12.5 Å². The van der Waals surface area contributed by atoms with Crippen LogP contribution in [0.5, 0.6) is 0 Å². The molecule has 21 heavy (non-hydrogen) atoms. The van der Waals surface area contributed by atoms with Crippen molar-refractivity contribution in [2.45, 2.75) is 66.0 Å². The topological polar surface area (TPSA) is 88.2 Å². The minimum absolute atomic E-state index is 0.270. The lowest BCUT2D eigenvalue weighted by Gasteiger charge is -2.13. The van der Waals surface area contributed by atoms with E-state index in [1.807, 2.05) is 0 Å². The molecule has 0 aromatic carbocycles. The van der Waals surface area contributed by atoms with E-state index in [2.05, 4.69) is 36.2 Å². The van der Waals surface area contributed by atoms with E-state index in [0.29, 0.717) is 36.6 Å². The second-order valence-corrected chi connectivity index (χ2v) is 6.15. The van der Waals surface area contributed by atoms with Crippen molar-refractivity contribution in [1.29, 1.82) is 0 Å². The van der Waals surface area contributed by atoms with Crippen LogP contribution in [0.25, 0.3) is 0 Å². The zero-order chi connectivity index (χ0) is 15.8. The molecule has 1 rings (SSSR count). The number of nitrogens with one attached hydrogen (secondary N) is 1. The highest BCUT2D eigenvalue weighted by Gasteiger charge is 2.12. The zero-order valence-electron chi connectivity index (χ0n) is 13.4. The summed E-state index contributed by atoms with van der Waals surface area (Å²) in [5, 5.41) is 16.1. The summed E-state index contributed by atoms with van der Waals surface area (Å²) in [4.78, 5) is 15.1. The van der Waals surface area contributed by atoms with E-state index in [0.717, 1.165) is 19.3 Å². The van der Waals surface area contributed by atoms with Crippen molar-refractivity contribution in [1.82, 2.24) is 15.5 Å². The van der Waals surface area contributed by atoms with Gasteiger partial charge in [0.2, 0.25) is 5.89 Å². The van der Waals surface area contributed by atoms with Gasteiger partial charge in [0.15, 0.2) is 5.82 Å². The molecule has 0 aliphatic heterocycles. The van der Waals surface area contributed by atoms with E-state index in [1.54, 1.807) is 6.92 Å². The molecule has 1 aromatic heterocycles. The Bertz CT molecular complexity index is 432. The summed E-state index contributed by atoms with van der Waals surface area (Å²) in [5.41, 5.74) is 0. The number of aliphatic carboxylic acids is 1. The van der Waals surface area contributed by atoms with E-state index >= 15 is 0 Å². The lowest BCUT2D eigenvalue weighted by atomic mass is 10.0. The second-order valence-electron chi connectivity index (χ2n) is 6.15. The molecule has 0 saturated heterocycles. The van der Waals surface area contributed by atoms with Gasteiger partial charge in [-0.3, -0.25) is 4.79 Å². The summed E-state index contributed by atoms with van der Waals surface area (Å²) >= 11 is 0. The molecule has 0 amide bonds. The van der Waals surface area contributed by atoms with Crippen molar-refractivity contribution in [3.63, 3.8) is 0 Å². The van der Waals surface area contributed by atoms with Crippen LogP contribution in [0.2, 0.25) is 0 Å². The zero-order valence-corrected chi connectivity index (χ0v) is 13.4. The third kappa shape index (κ3) is 7.22. The molecule has 0 fully saturated rings. The van der Waals surface area contributed by atoms with Crippen LogP contribution in [0.3, 0.4) is 0 Å². The molecule has 0 radical (unpaired) electrons. The van der Waals surface area contributed by atoms with Gasteiger partial charge in [-0.1, -0.05) is 32.3 Å². The SMILES string of the molecule is CC(C)Cc1nc(CNC(C)CCCC(C)C(=O)O)no1. The summed E-state index contributed by atoms with van der Waals surface area (Å²) in [6, 6.07) is 0.304. The first-order valence-corrected chi connectivity index (χ1v) is 7.66. The number of carboxylic acid groups (broad SMARTS) is 1. The minimum Gasteiger partial charge on any atom is -0.481 e. The second kappa shape index (κ2) is 8.77. The summed E-state index contributed by atoms with van der Waals surface area (Å²) in [6.07, 6.45) is 3.35. The molecule has 2 atom stereocenters. The Kier molecular flexibility index (Phi) is 7.36. The molecule has 0 aliphatic rings. The summed E-state index contributed by atoms with van der Waals surface area (Å²) in [7, 11) is 0. The summed E-state index contributed by atoms with van der Waals surface area (Å²) in [5.74, 6) is 0.871. The monoisotopic (exact) mass is 297 g/mol. The Morgan fingerprint density at radius 2 is 2.00 bits per heavy atom. The first-order valence-electron chi connectivity index (χ1n) is 7.66. The number of hydrogen-bond acceptors (Lipinski definition) is 5. The van der Waals surface area contributed by atoms with Gasteiger partial charge in [-0.2, -0.15) is 4.98 Å². The maximum absolute atomic E-state index is 10.7. The normalized spacial score (nSPS) is 14.3. The van der Waals surface area contributed by atoms with Crippen molar-refractivity contribution in [3.05, 3.63) is 11.7 Å². The molecule has 1 aromatic rings. The standard InChI is InChI=1S/C15H27N3O3/c1-10(2)8-14-17-13(18-21-14)9-16-12(4)7-5-6-11(3)15(19)20/h10-12,16H,5-9H2,1-4H3,(H,19,20). The van der Waals surface area contributed by atoms with Crippen LogP contribution in [0, 0.1) is 11.8 Å². The Morgan fingerprint density at radius 1 is 1.29 bits per heavy atom. The molecular weight excluding hydrogens is 270 g/mol. The lowest BCUT2D eigenvalue weighted by molar-refractivity contribution is -0.141. The van der Waals surface area contributed by atoms with Gasteiger partial charge in [0, 0.05) is 12.5 Å². The molecular formula is C15H27N3O3. The fourth-order valence-corrected chi connectivity index (χ4v) is 2.02. The van der Waals surface area contributed by atoms with Crippen LogP contribution in [0.15, 0.2) is 4.52 Å². The molecule has 0 saturated carbocycles. The predicted octanol–water partition coefficient (Wildman–Crippen LogP) is 2.64. The Balaban J connectivity index is 2.22. The molecule has 0 spiro atoms. The van der Waals surface area contributed by atoms with Gasteiger partial charge < -0.3 is 14.9 Å². The third-order valence-electron chi connectivity index (χ3n) is 3.40. The van der Waals surface area contributed by atoms with Crippen molar-refractivity contribution >= 4 is 5.97 Å². The maximum Gasteiger partial charge on any atom is 0.306 e. The molecule has 6 heteroatoms. The lowest BCUT2D eigenvalue weighted by Crippen LogP contribution is -2.26. The number of carbonyl (C=O) groups is 1. The average Bonchev–Trinajstić information content (AvgIpc) is 2.82. The number of rotatable bonds is 10. The maximum atomic E-state index is 10.7. The van der Waals surface area contributed by atoms with Crippen LogP contribution >= 0.6 is 0 Å². The van der Waals surface area contributed by atoms with E-state index in [-0.39, 0.29) is 5.92 Å². The average molecular weight is 297 g/mol. The molecule has 0 aliphatic carbocycles. The van der Waals surface area contributed by atoms with Crippen LogP contribution in [0.1, 0.15) is 58.7 Å². The van der Waals surface area contributed by atoms with Gasteiger partial charge in [0.1, 0.15) is 0 Å². The van der Waals surface area contributed by atoms with Crippen LogP contribution < -0.4 is 5.32 Å². The van der Waals surface area contributed by atoms with E-state index in [4.69, 9.17) is 9.63 Å². The largest absolute Gasteiger partial charge is 0.481 e. The fourth-order valence-electron chi connectivity index (χ4n) is 2.02. The van der Waals surface area contributed by atoms with Crippen LogP contribution in [0.4, 0.5) is 0 Å². The van der Waals surface area contributed by atoms with Crippen molar-refractivity contribution in [2.24, 2.45) is 11.8 Å². The molecule has 0 bridgehead atoms. The highest BCUT2D eigenvalue weighted by atomic mass is 16.5. The highest BCUT2D eigenvalue weighted by Crippen LogP contribution is 2.10. The summed E-state index contributed by atoms with van der Waals surface area (Å²) in [6.45, 7) is 8.64. The Morgan fingerprint density at radius 3 is 2.62 bits per heavy atom.